The highest BCUT2D eigenvalue weighted by Crippen LogP contribution is 2.59. The number of hydrogen-bond acceptors (Lipinski definition) is 3. The summed E-state index contributed by atoms with van der Waals surface area (Å²) in [5.41, 5.74) is 3.37. The number of hydrogen-bond donors (Lipinski definition) is 3. The van der Waals surface area contributed by atoms with Gasteiger partial charge in [-0.3, -0.25) is 0 Å². The summed E-state index contributed by atoms with van der Waals surface area (Å²) in [6, 6.07) is 0. The van der Waals surface area contributed by atoms with Crippen molar-refractivity contribution in [1.29, 1.82) is 0 Å². The van der Waals surface area contributed by atoms with Gasteiger partial charge in [-0.25, -0.2) is 0 Å². The fourth-order valence-electron chi connectivity index (χ4n) is 6.40. The minimum Gasteiger partial charge on any atom is -0.393 e. The first kappa shape index (κ1) is 24.5. The lowest BCUT2D eigenvalue weighted by atomic mass is 9.60. The number of aliphatic hydroxyl groups excluding tert-OH is 3. The summed E-state index contributed by atoms with van der Waals surface area (Å²) >= 11 is 0. The molecule has 0 amide bonds. The zero-order valence-corrected chi connectivity index (χ0v) is 20.2. The Kier molecular flexibility index (Phi) is 7.71. The van der Waals surface area contributed by atoms with Crippen LogP contribution in [0.4, 0.5) is 0 Å². The third-order valence-corrected chi connectivity index (χ3v) is 8.57. The maximum absolute atomic E-state index is 11.1. The minimum absolute atomic E-state index is 0.116. The molecule has 3 aliphatic rings. The van der Waals surface area contributed by atoms with Crippen molar-refractivity contribution in [3.8, 4) is 0 Å². The van der Waals surface area contributed by atoms with Gasteiger partial charge in [0.05, 0.1) is 18.3 Å². The number of fused-ring (bicyclic) bond motifs is 1. The molecule has 3 heteroatoms. The van der Waals surface area contributed by atoms with Gasteiger partial charge in [0.2, 0.25) is 0 Å². The third-order valence-electron chi connectivity index (χ3n) is 8.57. The van der Waals surface area contributed by atoms with Gasteiger partial charge in [0.1, 0.15) is 0 Å². The lowest BCUT2D eigenvalue weighted by Gasteiger charge is -2.45. The average molecular weight is 429 g/mol. The lowest BCUT2D eigenvalue weighted by molar-refractivity contribution is 0.000150. The first-order chi connectivity index (χ1) is 14.5. The van der Waals surface area contributed by atoms with Crippen LogP contribution >= 0.6 is 0 Å². The van der Waals surface area contributed by atoms with Crippen LogP contribution in [-0.4, -0.2) is 33.6 Å². The molecule has 0 bridgehead atoms. The van der Waals surface area contributed by atoms with Gasteiger partial charge in [-0.15, -0.1) is 0 Å². The molecule has 0 radical (unpaired) electrons. The molecular formula is C28H44O3. The molecule has 2 unspecified atom stereocenters. The summed E-state index contributed by atoms with van der Waals surface area (Å²) in [6.07, 6.45) is 12.4. The van der Waals surface area contributed by atoms with Crippen LogP contribution in [-0.2, 0) is 0 Å². The zero-order chi connectivity index (χ0) is 22.9. The van der Waals surface area contributed by atoms with Crippen molar-refractivity contribution in [2.45, 2.75) is 91.5 Å². The molecule has 3 rings (SSSR count). The molecule has 0 spiro atoms. The van der Waals surface area contributed by atoms with E-state index in [1.54, 1.807) is 0 Å². The van der Waals surface area contributed by atoms with E-state index < -0.39 is 0 Å². The maximum Gasteiger partial charge on any atom is 0.0585 e. The Morgan fingerprint density at radius 1 is 1.00 bits per heavy atom. The Morgan fingerprint density at radius 3 is 2.39 bits per heavy atom. The number of rotatable bonds is 5. The molecule has 3 nitrogen and oxygen atoms in total. The van der Waals surface area contributed by atoms with Gasteiger partial charge in [0, 0.05) is 0 Å². The van der Waals surface area contributed by atoms with E-state index in [0.717, 1.165) is 36.8 Å². The van der Waals surface area contributed by atoms with Crippen LogP contribution < -0.4 is 0 Å². The third kappa shape index (κ3) is 5.26. The Balaban J connectivity index is 1.85. The van der Waals surface area contributed by atoms with Crippen LogP contribution in [0.5, 0.6) is 0 Å². The molecule has 0 aromatic carbocycles. The van der Waals surface area contributed by atoms with E-state index in [0.29, 0.717) is 24.7 Å². The van der Waals surface area contributed by atoms with Crippen LogP contribution in [0.15, 0.2) is 47.6 Å². The monoisotopic (exact) mass is 428 g/mol. The van der Waals surface area contributed by atoms with Gasteiger partial charge in [-0.2, -0.15) is 0 Å². The molecule has 31 heavy (non-hydrogen) atoms. The van der Waals surface area contributed by atoms with E-state index in [9.17, 15) is 15.3 Å². The summed E-state index contributed by atoms with van der Waals surface area (Å²) in [7, 11) is 0. The summed E-state index contributed by atoms with van der Waals surface area (Å²) in [5.74, 6) is 1.82. The van der Waals surface area contributed by atoms with Gasteiger partial charge in [-0.1, -0.05) is 76.6 Å². The van der Waals surface area contributed by atoms with Gasteiger partial charge >= 0.3 is 0 Å². The number of allylic oxidation sites excluding steroid dienone is 5. The van der Waals surface area contributed by atoms with E-state index in [2.05, 4.69) is 65.5 Å². The first-order valence-corrected chi connectivity index (χ1v) is 12.3. The largest absolute Gasteiger partial charge is 0.393 e. The van der Waals surface area contributed by atoms with Crippen molar-refractivity contribution >= 4 is 0 Å². The van der Waals surface area contributed by atoms with Crippen LogP contribution in [0, 0.1) is 35.0 Å². The Labute approximate surface area is 189 Å². The van der Waals surface area contributed by atoms with Crippen molar-refractivity contribution < 1.29 is 15.3 Å². The molecule has 3 N–H and O–H groups in total. The SMILES string of the molecule is C=C1CC[C@H](O)C/C1=C\C=C1/CC(O)C[C@@]2(C)[C@@H]([C@H](C)/C=C/[C@H](C)C(C)C)C(O)C[C@@H]12. The molecule has 0 aliphatic heterocycles. The summed E-state index contributed by atoms with van der Waals surface area (Å²) < 4.78 is 0. The van der Waals surface area contributed by atoms with Crippen molar-refractivity contribution in [2.24, 2.45) is 35.0 Å². The average Bonchev–Trinajstić information content (AvgIpc) is 2.95. The molecule has 3 aliphatic carbocycles. The summed E-state index contributed by atoms with van der Waals surface area (Å²) in [6.45, 7) is 15.4. The van der Waals surface area contributed by atoms with Crippen LogP contribution in [0.3, 0.4) is 0 Å². The van der Waals surface area contributed by atoms with Crippen molar-refractivity contribution in [2.75, 3.05) is 0 Å². The second kappa shape index (κ2) is 9.77. The normalized spacial score (nSPS) is 41.3. The molecule has 0 saturated heterocycles. The first-order valence-electron chi connectivity index (χ1n) is 12.3. The van der Waals surface area contributed by atoms with E-state index in [-0.39, 0.29) is 41.5 Å². The van der Waals surface area contributed by atoms with Crippen LogP contribution in [0.25, 0.3) is 0 Å². The quantitative estimate of drug-likeness (QED) is 0.501. The molecule has 174 valence electrons. The van der Waals surface area contributed by atoms with E-state index >= 15 is 0 Å². The lowest BCUT2D eigenvalue weighted by Crippen LogP contribution is -2.42. The standard InChI is InChI=1S/C28H44O3/c1-17(2)18(3)7-8-20(5)27-26(31)15-25-22(14-24(30)16-28(25,27)6)11-10-21-13-23(29)12-9-19(21)4/h7-8,10-11,17-18,20,23-27,29-31H,4,9,12-16H2,1-3,5-6H3/b8-7+,21-10+,22-11+/t18-,20+,23-,24?,25-,26?,27-,28+/m0/s1. The zero-order valence-electron chi connectivity index (χ0n) is 20.2. The Morgan fingerprint density at radius 2 is 1.71 bits per heavy atom. The minimum atomic E-state index is -0.371. The predicted molar refractivity (Wildman–Crippen MR) is 128 cm³/mol. The Bertz CT molecular complexity index is 745. The van der Waals surface area contributed by atoms with Gasteiger partial charge < -0.3 is 15.3 Å². The molecule has 3 fully saturated rings. The predicted octanol–water partition coefficient (Wildman–Crippen LogP) is 5.58. The molecule has 8 atom stereocenters. The fourth-order valence-corrected chi connectivity index (χ4v) is 6.40. The summed E-state index contributed by atoms with van der Waals surface area (Å²) in [4.78, 5) is 0. The smallest absolute Gasteiger partial charge is 0.0585 e. The molecule has 0 aromatic heterocycles. The maximum atomic E-state index is 11.1. The van der Waals surface area contributed by atoms with Crippen molar-refractivity contribution in [3.05, 3.63) is 47.6 Å². The molecule has 0 aromatic rings. The molecule has 3 saturated carbocycles. The van der Waals surface area contributed by atoms with Crippen LogP contribution in [0.1, 0.15) is 73.1 Å². The van der Waals surface area contributed by atoms with E-state index in [1.807, 2.05) is 0 Å². The van der Waals surface area contributed by atoms with E-state index in [4.69, 9.17) is 0 Å². The van der Waals surface area contributed by atoms with Crippen LogP contribution in [0.2, 0.25) is 0 Å². The van der Waals surface area contributed by atoms with E-state index in [1.165, 1.54) is 5.57 Å². The molecular weight excluding hydrogens is 384 g/mol. The van der Waals surface area contributed by atoms with Crippen molar-refractivity contribution in [1.82, 2.24) is 0 Å². The van der Waals surface area contributed by atoms with Gasteiger partial charge in [0.25, 0.3) is 0 Å². The molecule has 0 heterocycles. The fraction of sp³-hybridized carbons (Fsp3) is 0.714. The summed E-state index contributed by atoms with van der Waals surface area (Å²) in [5, 5.41) is 31.9. The topological polar surface area (TPSA) is 60.7 Å². The highest BCUT2D eigenvalue weighted by atomic mass is 16.3. The van der Waals surface area contributed by atoms with Gasteiger partial charge in [0.15, 0.2) is 0 Å². The second-order valence-corrected chi connectivity index (χ2v) is 11.2. The second-order valence-electron chi connectivity index (χ2n) is 11.2. The Hall–Kier alpha value is -1.16. The van der Waals surface area contributed by atoms with Crippen molar-refractivity contribution in [3.63, 3.8) is 0 Å². The van der Waals surface area contributed by atoms with Gasteiger partial charge in [-0.05, 0) is 79.1 Å². The number of aliphatic hydroxyl groups is 3. The highest BCUT2D eigenvalue weighted by Gasteiger charge is 2.56. The highest BCUT2D eigenvalue weighted by molar-refractivity contribution is 5.36.